The zero-order chi connectivity index (χ0) is 15.2. The van der Waals surface area contributed by atoms with Crippen LogP contribution < -0.4 is 0 Å². The lowest BCUT2D eigenvalue weighted by Crippen LogP contribution is -2.31. The first-order valence-corrected chi connectivity index (χ1v) is 8.42. The Morgan fingerprint density at radius 3 is 2.62 bits per heavy atom. The van der Waals surface area contributed by atoms with Crippen LogP contribution in [0.5, 0.6) is 0 Å². The van der Waals surface area contributed by atoms with Crippen LogP contribution in [0.15, 0.2) is 30.3 Å². The van der Waals surface area contributed by atoms with Gasteiger partial charge in [-0.1, -0.05) is 37.3 Å². The minimum Gasteiger partial charge on any atom is -0.481 e. The third-order valence-electron chi connectivity index (χ3n) is 3.79. The second kappa shape index (κ2) is 7.50. The predicted molar refractivity (Wildman–Crippen MR) is 84.5 cm³/mol. The Labute approximate surface area is 129 Å². The molecule has 5 heteroatoms. The van der Waals surface area contributed by atoms with Crippen molar-refractivity contribution in [3.8, 4) is 0 Å². The highest BCUT2D eigenvalue weighted by Crippen LogP contribution is 2.33. The molecule has 21 heavy (non-hydrogen) atoms. The van der Waals surface area contributed by atoms with Gasteiger partial charge in [0.2, 0.25) is 5.91 Å². The number of amides is 1. The molecule has 0 bridgehead atoms. The molecular formula is C16H21NO3S. The summed E-state index contributed by atoms with van der Waals surface area (Å²) >= 11 is 1.62. The molecule has 1 aromatic carbocycles. The van der Waals surface area contributed by atoms with Gasteiger partial charge in [0, 0.05) is 19.0 Å². The van der Waals surface area contributed by atoms with E-state index in [0.717, 1.165) is 17.7 Å². The molecule has 4 nitrogen and oxygen atoms in total. The number of nitrogens with zero attached hydrogens (tertiary/aromatic N) is 1. The summed E-state index contributed by atoms with van der Waals surface area (Å²) in [6, 6.07) is 9.63. The normalized spacial score (nSPS) is 21.5. The van der Waals surface area contributed by atoms with E-state index in [4.69, 9.17) is 0 Å². The van der Waals surface area contributed by atoms with Gasteiger partial charge in [-0.25, -0.2) is 0 Å². The number of carbonyl (C=O) groups excluding carboxylic acids is 1. The zero-order valence-corrected chi connectivity index (χ0v) is 13.0. The molecule has 1 aromatic rings. The molecule has 0 radical (unpaired) electrons. The number of hydrogen-bond donors (Lipinski definition) is 1. The van der Waals surface area contributed by atoms with Crippen molar-refractivity contribution in [2.24, 2.45) is 5.92 Å². The summed E-state index contributed by atoms with van der Waals surface area (Å²) in [7, 11) is 0. The summed E-state index contributed by atoms with van der Waals surface area (Å²) in [5.41, 5.74) is 1.00. The van der Waals surface area contributed by atoms with E-state index >= 15 is 0 Å². The Balaban J connectivity index is 2.05. The number of hydrogen-bond acceptors (Lipinski definition) is 3. The highest BCUT2D eigenvalue weighted by atomic mass is 32.2. The maximum Gasteiger partial charge on any atom is 0.308 e. The summed E-state index contributed by atoms with van der Waals surface area (Å²) in [6.45, 7) is 2.91. The first-order valence-electron chi connectivity index (χ1n) is 7.26. The average molecular weight is 307 g/mol. The van der Waals surface area contributed by atoms with Crippen LogP contribution in [-0.4, -0.2) is 46.5 Å². The number of aliphatic carboxylic acids is 1. The molecule has 114 valence electrons. The van der Waals surface area contributed by atoms with E-state index in [1.807, 2.05) is 30.3 Å². The third kappa shape index (κ3) is 4.00. The molecule has 0 aliphatic carbocycles. The number of carbonyl (C=O) groups is 2. The predicted octanol–water partition coefficient (Wildman–Crippen LogP) is 2.46. The number of rotatable bonds is 6. The molecule has 1 fully saturated rings. The topological polar surface area (TPSA) is 57.6 Å². The van der Waals surface area contributed by atoms with Crippen LogP contribution in [0.1, 0.15) is 24.8 Å². The minimum absolute atomic E-state index is 0.0538. The second-order valence-electron chi connectivity index (χ2n) is 5.31. The van der Waals surface area contributed by atoms with Gasteiger partial charge in [0.15, 0.2) is 0 Å². The molecule has 1 heterocycles. The van der Waals surface area contributed by atoms with Crippen LogP contribution in [0.2, 0.25) is 0 Å². The molecule has 1 saturated heterocycles. The Morgan fingerprint density at radius 1 is 1.29 bits per heavy atom. The Morgan fingerprint density at radius 2 is 2.00 bits per heavy atom. The minimum atomic E-state index is -0.819. The first kappa shape index (κ1) is 15.9. The van der Waals surface area contributed by atoms with Crippen molar-refractivity contribution < 1.29 is 14.7 Å². The average Bonchev–Trinajstić information content (AvgIpc) is 2.94. The summed E-state index contributed by atoms with van der Waals surface area (Å²) in [4.78, 5) is 25.4. The van der Waals surface area contributed by atoms with Crippen molar-refractivity contribution in [3.05, 3.63) is 35.9 Å². The molecule has 1 amide bonds. The molecule has 0 spiro atoms. The van der Waals surface area contributed by atoms with Gasteiger partial charge in [-0.15, -0.1) is 0 Å². The number of thioether (sulfide) groups is 1. The highest BCUT2D eigenvalue weighted by molar-refractivity contribution is 7.99. The fourth-order valence-electron chi connectivity index (χ4n) is 2.69. The van der Waals surface area contributed by atoms with E-state index in [1.165, 1.54) is 0 Å². The van der Waals surface area contributed by atoms with E-state index in [9.17, 15) is 14.7 Å². The molecule has 2 rings (SSSR count). The van der Waals surface area contributed by atoms with Crippen molar-refractivity contribution >= 4 is 23.6 Å². The van der Waals surface area contributed by atoms with Gasteiger partial charge in [-0.2, -0.15) is 11.8 Å². The highest BCUT2D eigenvalue weighted by Gasteiger charge is 2.40. The maximum atomic E-state index is 12.2. The Hall–Kier alpha value is -1.49. The summed E-state index contributed by atoms with van der Waals surface area (Å²) in [5, 5.41) is 9.42. The summed E-state index contributed by atoms with van der Waals surface area (Å²) < 4.78 is 0. The van der Waals surface area contributed by atoms with Crippen molar-refractivity contribution in [2.75, 3.05) is 24.6 Å². The smallest absolute Gasteiger partial charge is 0.308 e. The van der Waals surface area contributed by atoms with Crippen molar-refractivity contribution in [2.45, 2.75) is 19.3 Å². The van der Waals surface area contributed by atoms with Crippen LogP contribution in [0.4, 0.5) is 0 Å². The van der Waals surface area contributed by atoms with Gasteiger partial charge >= 0.3 is 5.97 Å². The number of likely N-dealkylation sites (tertiary alicyclic amines) is 1. The Bertz CT molecular complexity index is 492. The van der Waals surface area contributed by atoms with Crippen LogP contribution in [0.25, 0.3) is 0 Å². The molecule has 1 N–H and O–H groups in total. The molecule has 0 unspecified atom stereocenters. The van der Waals surface area contributed by atoms with Gasteiger partial charge < -0.3 is 10.0 Å². The fourth-order valence-corrected chi connectivity index (χ4v) is 3.48. The van der Waals surface area contributed by atoms with Crippen molar-refractivity contribution in [3.63, 3.8) is 0 Å². The van der Waals surface area contributed by atoms with Gasteiger partial charge in [0.25, 0.3) is 0 Å². The zero-order valence-electron chi connectivity index (χ0n) is 12.2. The van der Waals surface area contributed by atoms with E-state index in [0.29, 0.717) is 18.8 Å². The van der Waals surface area contributed by atoms with Crippen molar-refractivity contribution in [1.29, 1.82) is 0 Å². The van der Waals surface area contributed by atoms with Gasteiger partial charge in [-0.3, -0.25) is 9.59 Å². The van der Waals surface area contributed by atoms with E-state index in [-0.39, 0.29) is 11.8 Å². The van der Waals surface area contributed by atoms with Gasteiger partial charge in [-0.05, 0) is 17.7 Å². The van der Waals surface area contributed by atoms with Crippen LogP contribution in [0.3, 0.4) is 0 Å². The largest absolute Gasteiger partial charge is 0.481 e. The molecule has 0 aromatic heterocycles. The lowest BCUT2D eigenvalue weighted by Gasteiger charge is -2.16. The molecule has 1 aliphatic rings. The monoisotopic (exact) mass is 307 g/mol. The molecule has 1 aliphatic heterocycles. The lowest BCUT2D eigenvalue weighted by atomic mass is 9.89. The standard InChI is InChI=1S/C16H21NO3S/c1-2-8-21-11-15(18)17-9-13(14(10-17)16(19)20)12-6-4-3-5-7-12/h3-7,13-14H,2,8-11H2,1H3,(H,19,20)/t13-,14-/m0/s1. The third-order valence-corrected chi connectivity index (χ3v) is 4.94. The van der Waals surface area contributed by atoms with E-state index < -0.39 is 11.9 Å². The van der Waals surface area contributed by atoms with Crippen LogP contribution >= 0.6 is 11.8 Å². The first-order chi connectivity index (χ1) is 10.1. The van der Waals surface area contributed by atoms with Gasteiger partial charge in [0.05, 0.1) is 11.7 Å². The molecular weight excluding hydrogens is 286 g/mol. The van der Waals surface area contributed by atoms with Crippen molar-refractivity contribution in [1.82, 2.24) is 4.90 Å². The second-order valence-corrected chi connectivity index (χ2v) is 6.42. The summed E-state index contributed by atoms with van der Waals surface area (Å²) in [6.07, 6.45) is 1.04. The Kier molecular flexibility index (Phi) is 5.67. The SMILES string of the molecule is CCCSCC(=O)N1C[C@H](C(=O)O)[C@H](c2ccccc2)C1. The number of carboxylic acids is 1. The number of carboxylic acid groups (broad SMARTS) is 1. The fraction of sp³-hybridized carbons (Fsp3) is 0.500. The van der Waals surface area contributed by atoms with E-state index in [2.05, 4.69) is 6.92 Å². The van der Waals surface area contributed by atoms with Gasteiger partial charge in [0.1, 0.15) is 0 Å². The van der Waals surface area contributed by atoms with E-state index in [1.54, 1.807) is 16.7 Å². The summed E-state index contributed by atoms with van der Waals surface area (Å²) in [5.74, 6) is 0.0287. The molecule has 2 atom stereocenters. The maximum absolute atomic E-state index is 12.2. The quantitative estimate of drug-likeness (QED) is 0.820. The molecule has 0 saturated carbocycles. The van der Waals surface area contributed by atoms with Crippen LogP contribution in [0, 0.1) is 5.92 Å². The lowest BCUT2D eigenvalue weighted by molar-refractivity contribution is -0.141. The van der Waals surface area contributed by atoms with Crippen LogP contribution in [-0.2, 0) is 9.59 Å². The number of benzene rings is 1.